The number of hydrogen-bond acceptors (Lipinski definition) is 1. The molecule has 2 rings (SSSR count). The number of benzene rings is 2. The lowest BCUT2D eigenvalue weighted by Crippen LogP contribution is -2.32. The molecule has 2 nitrogen and oxygen atoms in total. The first-order valence-electron chi connectivity index (χ1n) is 7.03. The van der Waals surface area contributed by atoms with Crippen molar-refractivity contribution in [1.82, 2.24) is 0 Å². The number of anilines is 1. The number of likely N-dealkylation sites (N-methyl/N-ethyl adjacent to an activating group) is 1. The zero-order chi connectivity index (χ0) is 14.5. The summed E-state index contributed by atoms with van der Waals surface area (Å²) in [6.45, 7) is 6.83. The van der Waals surface area contributed by atoms with Crippen molar-refractivity contribution in [2.75, 3.05) is 11.4 Å². The zero-order valence-electron chi connectivity index (χ0n) is 12.4. The second-order valence-corrected chi connectivity index (χ2v) is 5.09. The molecule has 0 saturated heterocycles. The highest BCUT2D eigenvalue weighted by atomic mass is 16.2. The van der Waals surface area contributed by atoms with Gasteiger partial charge in [0.1, 0.15) is 0 Å². The SMILES string of the molecule is CCN(C(=O)Cc1ccccc1)c1ccc(C)cc1C. The van der Waals surface area contributed by atoms with Gasteiger partial charge in [0.05, 0.1) is 6.42 Å². The quantitative estimate of drug-likeness (QED) is 0.822. The van der Waals surface area contributed by atoms with Crippen LogP contribution < -0.4 is 4.90 Å². The van der Waals surface area contributed by atoms with E-state index in [4.69, 9.17) is 0 Å². The van der Waals surface area contributed by atoms with Crippen molar-refractivity contribution in [2.45, 2.75) is 27.2 Å². The number of carbonyl (C=O) groups is 1. The predicted molar refractivity (Wildman–Crippen MR) is 84.1 cm³/mol. The minimum absolute atomic E-state index is 0.144. The van der Waals surface area contributed by atoms with E-state index in [0.29, 0.717) is 13.0 Å². The van der Waals surface area contributed by atoms with Crippen LogP contribution in [0.25, 0.3) is 0 Å². The van der Waals surface area contributed by atoms with Crippen molar-refractivity contribution in [2.24, 2.45) is 0 Å². The molecule has 0 fully saturated rings. The van der Waals surface area contributed by atoms with Crippen LogP contribution in [-0.4, -0.2) is 12.5 Å². The van der Waals surface area contributed by atoms with Gasteiger partial charge >= 0.3 is 0 Å². The Balaban J connectivity index is 2.21. The van der Waals surface area contributed by atoms with Gasteiger partial charge < -0.3 is 4.90 Å². The molecule has 1 amide bonds. The molecule has 0 atom stereocenters. The van der Waals surface area contributed by atoms with Crippen molar-refractivity contribution >= 4 is 11.6 Å². The lowest BCUT2D eigenvalue weighted by Gasteiger charge is -2.23. The summed E-state index contributed by atoms with van der Waals surface area (Å²) in [4.78, 5) is 14.4. The van der Waals surface area contributed by atoms with E-state index in [-0.39, 0.29) is 5.91 Å². The summed E-state index contributed by atoms with van der Waals surface area (Å²) in [7, 11) is 0. The van der Waals surface area contributed by atoms with Crippen molar-refractivity contribution in [3.8, 4) is 0 Å². The molecule has 2 aromatic rings. The highest BCUT2D eigenvalue weighted by Crippen LogP contribution is 2.22. The maximum atomic E-state index is 12.5. The van der Waals surface area contributed by atoms with Crippen LogP contribution in [0.15, 0.2) is 48.5 Å². The minimum Gasteiger partial charge on any atom is -0.312 e. The number of hydrogen-bond donors (Lipinski definition) is 0. The van der Waals surface area contributed by atoms with Crippen LogP contribution in [0.5, 0.6) is 0 Å². The molecule has 0 unspecified atom stereocenters. The number of rotatable bonds is 4. The smallest absolute Gasteiger partial charge is 0.231 e. The van der Waals surface area contributed by atoms with E-state index < -0.39 is 0 Å². The molecular weight excluding hydrogens is 246 g/mol. The Morgan fingerprint density at radius 2 is 1.75 bits per heavy atom. The van der Waals surface area contributed by atoms with E-state index >= 15 is 0 Å². The first-order chi connectivity index (χ1) is 9.61. The van der Waals surface area contributed by atoms with Crippen LogP contribution in [0.3, 0.4) is 0 Å². The average molecular weight is 267 g/mol. The van der Waals surface area contributed by atoms with Gasteiger partial charge in [-0.1, -0.05) is 48.0 Å². The normalized spacial score (nSPS) is 10.3. The lowest BCUT2D eigenvalue weighted by atomic mass is 10.1. The number of amides is 1. The standard InChI is InChI=1S/C18H21NO/c1-4-19(17-11-10-14(2)12-15(17)3)18(20)13-16-8-6-5-7-9-16/h5-12H,4,13H2,1-3H3. The molecule has 0 aliphatic heterocycles. The maximum absolute atomic E-state index is 12.5. The van der Waals surface area contributed by atoms with Gasteiger partial charge in [0.25, 0.3) is 0 Å². The van der Waals surface area contributed by atoms with E-state index in [9.17, 15) is 4.79 Å². The number of nitrogens with zero attached hydrogens (tertiary/aromatic N) is 1. The Hall–Kier alpha value is -2.09. The summed E-state index contributed by atoms with van der Waals surface area (Å²) in [5.41, 5.74) is 4.44. The second kappa shape index (κ2) is 6.38. The molecule has 0 spiro atoms. The Labute approximate surface area is 121 Å². The summed E-state index contributed by atoms with van der Waals surface area (Å²) in [6.07, 6.45) is 0.446. The fraction of sp³-hybridized carbons (Fsp3) is 0.278. The Morgan fingerprint density at radius 1 is 1.05 bits per heavy atom. The van der Waals surface area contributed by atoms with Crippen LogP contribution in [-0.2, 0) is 11.2 Å². The third-order valence-corrected chi connectivity index (χ3v) is 3.46. The summed E-state index contributed by atoms with van der Waals surface area (Å²) < 4.78 is 0. The third-order valence-electron chi connectivity index (χ3n) is 3.46. The van der Waals surface area contributed by atoms with Gasteiger partial charge in [-0.25, -0.2) is 0 Å². The van der Waals surface area contributed by atoms with Crippen LogP contribution in [0, 0.1) is 13.8 Å². The largest absolute Gasteiger partial charge is 0.312 e. The van der Waals surface area contributed by atoms with Crippen molar-refractivity contribution in [1.29, 1.82) is 0 Å². The number of aryl methyl sites for hydroxylation is 2. The van der Waals surface area contributed by atoms with Crippen LogP contribution in [0.1, 0.15) is 23.6 Å². The molecule has 104 valence electrons. The molecule has 20 heavy (non-hydrogen) atoms. The van der Waals surface area contributed by atoms with Gasteiger partial charge in [-0.15, -0.1) is 0 Å². The lowest BCUT2D eigenvalue weighted by molar-refractivity contribution is -0.117. The second-order valence-electron chi connectivity index (χ2n) is 5.09. The van der Waals surface area contributed by atoms with Crippen molar-refractivity contribution in [3.05, 3.63) is 65.2 Å². The average Bonchev–Trinajstić information content (AvgIpc) is 2.43. The van der Waals surface area contributed by atoms with Gasteiger partial charge in [-0.3, -0.25) is 4.79 Å². The van der Waals surface area contributed by atoms with Gasteiger partial charge in [-0.05, 0) is 38.0 Å². The summed E-state index contributed by atoms with van der Waals surface area (Å²) in [5, 5.41) is 0. The van der Waals surface area contributed by atoms with Crippen molar-refractivity contribution < 1.29 is 4.79 Å². The molecule has 2 heteroatoms. The first-order valence-corrected chi connectivity index (χ1v) is 7.03. The topological polar surface area (TPSA) is 20.3 Å². The van der Waals surface area contributed by atoms with Gasteiger partial charge in [0.15, 0.2) is 0 Å². The van der Waals surface area contributed by atoms with E-state index in [1.54, 1.807) is 0 Å². The molecule has 0 saturated carbocycles. The molecule has 2 aromatic carbocycles. The Morgan fingerprint density at radius 3 is 2.35 bits per heavy atom. The highest BCUT2D eigenvalue weighted by Gasteiger charge is 2.16. The molecule has 0 radical (unpaired) electrons. The molecule has 0 aromatic heterocycles. The minimum atomic E-state index is 0.144. The molecule has 0 heterocycles. The predicted octanol–water partition coefficient (Wildman–Crippen LogP) is 3.90. The number of carbonyl (C=O) groups excluding carboxylic acids is 1. The molecule has 0 aliphatic carbocycles. The van der Waals surface area contributed by atoms with E-state index in [1.165, 1.54) is 5.56 Å². The summed E-state index contributed by atoms with van der Waals surface area (Å²) in [5.74, 6) is 0.144. The fourth-order valence-electron chi connectivity index (χ4n) is 2.46. The Bertz CT molecular complexity index is 590. The third kappa shape index (κ3) is 3.27. The summed E-state index contributed by atoms with van der Waals surface area (Å²) in [6, 6.07) is 16.1. The van der Waals surface area contributed by atoms with Crippen LogP contribution in [0.4, 0.5) is 5.69 Å². The molecular formula is C18H21NO. The van der Waals surface area contributed by atoms with E-state index in [2.05, 4.69) is 26.0 Å². The molecule has 0 N–H and O–H groups in total. The van der Waals surface area contributed by atoms with Gasteiger partial charge in [0.2, 0.25) is 5.91 Å². The fourth-order valence-corrected chi connectivity index (χ4v) is 2.46. The van der Waals surface area contributed by atoms with E-state index in [1.807, 2.05) is 48.2 Å². The van der Waals surface area contributed by atoms with Crippen molar-refractivity contribution in [3.63, 3.8) is 0 Å². The van der Waals surface area contributed by atoms with Crippen LogP contribution in [0.2, 0.25) is 0 Å². The van der Waals surface area contributed by atoms with E-state index in [0.717, 1.165) is 16.8 Å². The molecule has 0 aliphatic rings. The maximum Gasteiger partial charge on any atom is 0.231 e. The molecule has 0 bridgehead atoms. The summed E-state index contributed by atoms with van der Waals surface area (Å²) >= 11 is 0. The Kier molecular flexibility index (Phi) is 4.57. The van der Waals surface area contributed by atoms with Crippen LogP contribution >= 0.6 is 0 Å². The first kappa shape index (κ1) is 14.3. The van der Waals surface area contributed by atoms with Gasteiger partial charge in [-0.2, -0.15) is 0 Å². The zero-order valence-corrected chi connectivity index (χ0v) is 12.4. The highest BCUT2D eigenvalue weighted by molar-refractivity contribution is 5.95. The van der Waals surface area contributed by atoms with Gasteiger partial charge in [0, 0.05) is 12.2 Å². The monoisotopic (exact) mass is 267 g/mol.